The minimum Gasteiger partial charge on any atom is -0.395 e. The van der Waals surface area contributed by atoms with E-state index in [1.807, 2.05) is 6.92 Å². The summed E-state index contributed by atoms with van der Waals surface area (Å²) < 4.78 is 0. The van der Waals surface area contributed by atoms with Gasteiger partial charge in [-0.1, -0.05) is 13.3 Å². The molecule has 0 aromatic carbocycles. The second-order valence-electron chi connectivity index (χ2n) is 3.76. The molecule has 7 nitrogen and oxygen atoms in total. The molecule has 0 saturated carbocycles. The Labute approximate surface area is 99.0 Å². The fourth-order valence-corrected chi connectivity index (χ4v) is 1.36. The van der Waals surface area contributed by atoms with Crippen molar-refractivity contribution in [3.8, 4) is 0 Å². The third-order valence-corrected chi connectivity index (χ3v) is 2.31. The van der Waals surface area contributed by atoms with Crippen molar-refractivity contribution in [1.82, 2.24) is 15.5 Å². The maximum atomic E-state index is 11.6. The minimum absolute atomic E-state index is 0.0370. The summed E-state index contributed by atoms with van der Waals surface area (Å²) in [6, 6.07) is 0. The summed E-state index contributed by atoms with van der Waals surface area (Å²) in [5.41, 5.74) is 6.96. The molecule has 7 heteroatoms. The molecule has 17 heavy (non-hydrogen) atoms. The van der Waals surface area contributed by atoms with Gasteiger partial charge in [-0.15, -0.1) is 0 Å². The minimum atomic E-state index is -0.978. The molecule has 0 aliphatic rings. The number of nitrogen functional groups attached to an aromatic ring is 1. The molecular formula is C10H18N4O3. The molecule has 1 atom stereocenters. The highest BCUT2D eigenvalue weighted by Crippen LogP contribution is 2.15. The number of nitrogens with one attached hydrogen (secondary N) is 2. The average molecular weight is 242 g/mol. The number of aliphatic hydroxyl groups excluding tert-OH is 2. The van der Waals surface area contributed by atoms with Gasteiger partial charge in [-0.25, -0.2) is 0 Å². The van der Waals surface area contributed by atoms with E-state index in [2.05, 4.69) is 15.5 Å². The maximum absolute atomic E-state index is 11.6. The van der Waals surface area contributed by atoms with Gasteiger partial charge in [0.1, 0.15) is 0 Å². The fraction of sp³-hybridized carbons (Fsp3) is 0.600. The van der Waals surface area contributed by atoms with Crippen LogP contribution < -0.4 is 11.1 Å². The predicted octanol–water partition coefficient (Wildman–Crippen LogP) is -0.973. The molecule has 0 saturated heterocycles. The van der Waals surface area contributed by atoms with E-state index in [0.717, 1.165) is 18.5 Å². The SMILES string of the molecule is CCCc1[nH]nc(C(=O)NCC(O)CO)c1N. The number of aliphatic hydroxyl groups is 2. The van der Waals surface area contributed by atoms with Crippen LogP contribution in [0.5, 0.6) is 0 Å². The number of amides is 1. The van der Waals surface area contributed by atoms with Gasteiger partial charge in [0.05, 0.1) is 24.1 Å². The zero-order chi connectivity index (χ0) is 12.8. The van der Waals surface area contributed by atoms with E-state index in [-0.39, 0.29) is 12.2 Å². The molecule has 0 spiro atoms. The largest absolute Gasteiger partial charge is 0.395 e. The highest BCUT2D eigenvalue weighted by atomic mass is 16.3. The Bertz CT molecular complexity index is 378. The Kier molecular flexibility index (Phi) is 4.92. The standard InChI is InChI=1S/C10H18N4O3/c1-2-3-7-8(11)9(14-13-7)10(17)12-4-6(16)5-15/h6,15-16H,2-5,11H2,1H3,(H,12,17)(H,13,14). The highest BCUT2D eigenvalue weighted by Gasteiger charge is 2.17. The smallest absolute Gasteiger partial charge is 0.274 e. The molecule has 6 N–H and O–H groups in total. The number of hydrogen-bond acceptors (Lipinski definition) is 5. The number of carbonyl (C=O) groups is 1. The van der Waals surface area contributed by atoms with Crippen LogP contribution in [0.25, 0.3) is 0 Å². The second kappa shape index (κ2) is 6.21. The molecule has 0 fully saturated rings. The van der Waals surface area contributed by atoms with Gasteiger partial charge in [0.15, 0.2) is 5.69 Å². The molecule has 1 unspecified atom stereocenters. The lowest BCUT2D eigenvalue weighted by molar-refractivity contribution is 0.0799. The Morgan fingerprint density at radius 1 is 1.65 bits per heavy atom. The van der Waals surface area contributed by atoms with Crippen molar-refractivity contribution in [2.75, 3.05) is 18.9 Å². The highest BCUT2D eigenvalue weighted by molar-refractivity contribution is 5.97. The summed E-state index contributed by atoms with van der Waals surface area (Å²) in [7, 11) is 0. The van der Waals surface area contributed by atoms with Crippen molar-refractivity contribution >= 4 is 11.6 Å². The van der Waals surface area contributed by atoms with Crippen molar-refractivity contribution in [2.45, 2.75) is 25.9 Å². The van der Waals surface area contributed by atoms with E-state index in [0.29, 0.717) is 5.69 Å². The van der Waals surface area contributed by atoms with Gasteiger partial charge in [0.25, 0.3) is 5.91 Å². The van der Waals surface area contributed by atoms with Crippen molar-refractivity contribution in [1.29, 1.82) is 0 Å². The first-order valence-corrected chi connectivity index (χ1v) is 5.50. The van der Waals surface area contributed by atoms with Crippen LogP contribution in [-0.4, -0.2) is 45.6 Å². The quantitative estimate of drug-likeness (QED) is 0.439. The Morgan fingerprint density at radius 3 is 2.94 bits per heavy atom. The number of aromatic nitrogens is 2. The van der Waals surface area contributed by atoms with E-state index in [9.17, 15) is 4.79 Å². The molecule has 0 aliphatic carbocycles. The third kappa shape index (κ3) is 3.43. The van der Waals surface area contributed by atoms with Crippen LogP contribution in [0.1, 0.15) is 29.5 Å². The van der Waals surface area contributed by atoms with Gasteiger partial charge in [0.2, 0.25) is 0 Å². The van der Waals surface area contributed by atoms with Gasteiger partial charge in [-0.2, -0.15) is 5.10 Å². The molecule has 1 heterocycles. The summed E-state index contributed by atoms with van der Waals surface area (Å²) in [4.78, 5) is 11.6. The van der Waals surface area contributed by atoms with E-state index >= 15 is 0 Å². The number of nitrogens with two attached hydrogens (primary N) is 1. The molecule has 1 aromatic heterocycles. The number of aryl methyl sites for hydroxylation is 1. The van der Waals surface area contributed by atoms with Gasteiger partial charge < -0.3 is 21.3 Å². The van der Waals surface area contributed by atoms with Gasteiger partial charge in [-0.05, 0) is 6.42 Å². The summed E-state index contributed by atoms with van der Waals surface area (Å²) in [6.07, 6.45) is 0.649. The Morgan fingerprint density at radius 2 is 2.35 bits per heavy atom. The lowest BCUT2D eigenvalue weighted by Crippen LogP contribution is -2.34. The van der Waals surface area contributed by atoms with Crippen LogP contribution in [0.4, 0.5) is 5.69 Å². The van der Waals surface area contributed by atoms with E-state index in [4.69, 9.17) is 15.9 Å². The lowest BCUT2D eigenvalue weighted by atomic mass is 10.2. The number of aromatic amines is 1. The van der Waals surface area contributed by atoms with Crippen LogP contribution in [0.15, 0.2) is 0 Å². The van der Waals surface area contributed by atoms with Crippen LogP contribution in [0.2, 0.25) is 0 Å². The zero-order valence-corrected chi connectivity index (χ0v) is 9.73. The monoisotopic (exact) mass is 242 g/mol. The van der Waals surface area contributed by atoms with E-state index < -0.39 is 18.6 Å². The molecule has 1 aromatic rings. The molecule has 96 valence electrons. The first-order valence-electron chi connectivity index (χ1n) is 5.50. The van der Waals surface area contributed by atoms with E-state index in [1.165, 1.54) is 0 Å². The van der Waals surface area contributed by atoms with Crippen LogP contribution in [0.3, 0.4) is 0 Å². The van der Waals surface area contributed by atoms with Crippen LogP contribution >= 0.6 is 0 Å². The molecule has 1 amide bonds. The summed E-state index contributed by atoms with van der Waals surface area (Å²) in [5.74, 6) is -0.464. The first kappa shape index (κ1) is 13.5. The van der Waals surface area contributed by atoms with Crippen molar-refractivity contribution in [3.63, 3.8) is 0 Å². The first-order chi connectivity index (χ1) is 8.10. The Hall–Kier alpha value is -1.60. The van der Waals surface area contributed by atoms with Gasteiger partial charge in [0, 0.05) is 6.54 Å². The lowest BCUT2D eigenvalue weighted by Gasteiger charge is -2.07. The Balaban J connectivity index is 2.63. The fourth-order valence-electron chi connectivity index (χ4n) is 1.36. The van der Waals surface area contributed by atoms with Crippen molar-refractivity contribution < 1.29 is 15.0 Å². The molecule has 1 rings (SSSR count). The normalized spacial score (nSPS) is 12.4. The predicted molar refractivity (Wildman–Crippen MR) is 62.4 cm³/mol. The average Bonchev–Trinajstić information content (AvgIpc) is 2.68. The van der Waals surface area contributed by atoms with Crippen LogP contribution in [-0.2, 0) is 6.42 Å². The molecule has 0 bridgehead atoms. The van der Waals surface area contributed by atoms with Crippen LogP contribution in [0, 0.1) is 0 Å². The van der Waals surface area contributed by atoms with Crippen molar-refractivity contribution in [2.24, 2.45) is 0 Å². The third-order valence-electron chi connectivity index (χ3n) is 2.31. The number of H-pyrrole nitrogens is 1. The molecule has 0 aliphatic heterocycles. The summed E-state index contributed by atoms with van der Waals surface area (Å²) in [5, 5.41) is 26.7. The number of hydrogen-bond donors (Lipinski definition) is 5. The summed E-state index contributed by atoms with van der Waals surface area (Å²) in [6.45, 7) is 1.56. The summed E-state index contributed by atoms with van der Waals surface area (Å²) >= 11 is 0. The van der Waals surface area contributed by atoms with Crippen molar-refractivity contribution in [3.05, 3.63) is 11.4 Å². The number of anilines is 1. The number of nitrogens with zero attached hydrogens (tertiary/aromatic N) is 1. The van der Waals surface area contributed by atoms with Gasteiger partial charge >= 0.3 is 0 Å². The number of rotatable bonds is 6. The van der Waals surface area contributed by atoms with E-state index in [1.54, 1.807) is 0 Å². The number of carbonyl (C=O) groups excluding carboxylic acids is 1. The molecular weight excluding hydrogens is 224 g/mol. The zero-order valence-electron chi connectivity index (χ0n) is 9.73. The maximum Gasteiger partial charge on any atom is 0.274 e. The topological polar surface area (TPSA) is 124 Å². The molecule has 0 radical (unpaired) electrons. The second-order valence-corrected chi connectivity index (χ2v) is 3.76. The van der Waals surface area contributed by atoms with Gasteiger partial charge in [-0.3, -0.25) is 9.89 Å².